The van der Waals surface area contributed by atoms with Crippen molar-refractivity contribution in [1.82, 2.24) is 10.9 Å². The molecule has 12 heavy (non-hydrogen) atoms. The lowest BCUT2D eigenvalue weighted by Gasteiger charge is -2.18. The largest absolute Gasteiger partial charge is 0.396 e. The predicted molar refractivity (Wildman–Crippen MR) is 46.4 cm³/mol. The molecule has 3 unspecified atom stereocenters. The first kappa shape index (κ1) is 9.92. The molecule has 1 aliphatic rings. The topological polar surface area (TPSA) is 64.5 Å². The fourth-order valence-corrected chi connectivity index (χ4v) is 1.62. The zero-order chi connectivity index (χ0) is 8.97. The molecule has 1 aliphatic heterocycles. The van der Waals surface area contributed by atoms with Crippen LogP contribution in [0.25, 0.3) is 0 Å². The smallest absolute Gasteiger partial charge is 0.0598 e. The quantitative estimate of drug-likeness (QED) is 0.452. The maximum Gasteiger partial charge on any atom is 0.0598 e. The molecular formula is C8H18N2O2. The zero-order valence-electron chi connectivity index (χ0n) is 7.45. The van der Waals surface area contributed by atoms with Crippen LogP contribution in [-0.4, -0.2) is 35.5 Å². The maximum atomic E-state index is 9.02. The van der Waals surface area contributed by atoms with Gasteiger partial charge in [-0.05, 0) is 18.8 Å². The molecule has 0 amide bonds. The summed E-state index contributed by atoms with van der Waals surface area (Å²) in [5.74, 6) is 0.300. The van der Waals surface area contributed by atoms with Gasteiger partial charge in [0.15, 0.2) is 0 Å². The van der Waals surface area contributed by atoms with Crippen LogP contribution in [0.1, 0.15) is 19.8 Å². The van der Waals surface area contributed by atoms with E-state index in [4.69, 9.17) is 10.2 Å². The van der Waals surface area contributed by atoms with Crippen LogP contribution in [-0.2, 0) is 0 Å². The summed E-state index contributed by atoms with van der Waals surface area (Å²) in [6.45, 7) is 2.44. The lowest BCUT2D eigenvalue weighted by Crippen LogP contribution is -2.38. The van der Waals surface area contributed by atoms with Crippen molar-refractivity contribution in [2.75, 3.05) is 13.2 Å². The van der Waals surface area contributed by atoms with Gasteiger partial charge in [-0.2, -0.15) is 0 Å². The molecule has 4 heteroatoms. The highest BCUT2D eigenvalue weighted by Crippen LogP contribution is 2.16. The Morgan fingerprint density at radius 1 is 1.42 bits per heavy atom. The summed E-state index contributed by atoms with van der Waals surface area (Å²) in [6, 6.07) is 0.452. The van der Waals surface area contributed by atoms with Crippen LogP contribution in [0.2, 0.25) is 0 Å². The van der Waals surface area contributed by atoms with Crippen molar-refractivity contribution in [2.45, 2.75) is 31.8 Å². The van der Waals surface area contributed by atoms with Gasteiger partial charge in [0.25, 0.3) is 0 Å². The van der Waals surface area contributed by atoms with Gasteiger partial charge in [-0.15, -0.1) is 0 Å². The fraction of sp³-hybridized carbons (Fsp3) is 1.00. The maximum absolute atomic E-state index is 9.02. The molecule has 72 valence electrons. The average molecular weight is 174 g/mol. The van der Waals surface area contributed by atoms with Crippen LogP contribution in [0.15, 0.2) is 0 Å². The van der Waals surface area contributed by atoms with Crippen molar-refractivity contribution in [3.05, 3.63) is 0 Å². The van der Waals surface area contributed by atoms with Gasteiger partial charge in [0.05, 0.1) is 6.61 Å². The summed E-state index contributed by atoms with van der Waals surface area (Å²) >= 11 is 0. The summed E-state index contributed by atoms with van der Waals surface area (Å²) in [7, 11) is 0. The molecule has 0 spiro atoms. The number of aliphatic hydroxyl groups is 2. The molecule has 3 atom stereocenters. The van der Waals surface area contributed by atoms with Crippen molar-refractivity contribution in [1.29, 1.82) is 0 Å². The van der Waals surface area contributed by atoms with E-state index >= 15 is 0 Å². The molecule has 1 heterocycles. The fourth-order valence-electron chi connectivity index (χ4n) is 1.62. The Morgan fingerprint density at radius 3 is 2.58 bits per heavy atom. The van der Waals surface area contributed by atoms with Gasteiger partial charge in [-0.1, -0.05) is 6.92 Å². The third-order valence-corrected chi connectivity index (χ3v) is 2.56. The molecule has 0 aromatic carbocycles. The second-order valence-corrected chi connectivity index (χ2v) is 3.36. The van der Waals surface area contributed by atoms with E-state index in [1.54, 1.807) is 0 Å². The number of rotatable bonds is 4. The number of aliphatic hydroxyl groups excluding tert-OH is 2. The van der Waals surface area contributed by atoms with Crippen molar-refractivity contribution >= 4 is 0 Å². The second kappa shape index (κ2) is 4.77. The highest BCUT2D eigenvalue weighted by atomic mass is 16.3. The molecular weight excluding hydrogens is 156 g/mol. The second-order valence-electron chi connectivity index (χ2n) is 3.36. The molecule has 4 nitrogen and oxygen atoms in total. The lowest BCUT2D eigenvalue weighted by atomic mass is 9.95. The molecule has 4 N–H and O–H groups in total. The van der Waals surface area contributed by atoms with Gasteiger partial charge in [0.2, 0.25) is 0 Å². The van der Waals surface area contributed by atoms with Gasteiger partial charge in [0.1, 0.15) is 0 Å². The highest BCUT2D eigenvalue weighted by molar-refractivity contribution is 4.85. The molecule has 0 bridgehead atoms. The van der Waals surface area contributed by atoms with E-state index in [-0.39, 0.29) is 19.3 Å². The predicted octanol–water partition coefficient (Wildman–Crippen LogP) is -0.768. The van der Waals surface area contributed by atoms with Gasteiger partial charge < -0.3 is 10.2 Å². The minimum atomic E-state index is 0.149. The third-order valence-electron chi connectivity index (χ3n) is 2.56. The summed E-state index contributed by atoms with van der Waals surface area (Å²) < 4.78 is 0. The van der Waals surface area contributed by atoms with Crippen LogP contribution in [0, 0.1) is 5.92 Å². The van der Waals surface area contributed by atoms with E-state index in [9.17, 15) is 0 Å². The number of hydrogen-bond donors (Lipinski definition) is 4. The van der Waals surface area contributed by atoms with Gasteiger partial charge in [-0.3, -0.25) is 10.9 Å². The first-order valence-corrected chi connectivity index (χ1v) is 4.54. The van der Waals surface area contributed by atoms with E-state index in [1.807, 2.05) is 0 Å². The van der Waals surface area contributed by atoms with Gasteiger partial charge >= 0.3 is 0 Å². The van der Waals surface area contributed by atoms with Gasteiger partial charge in [-0.25, -0.2) is 0 Å². The molecule has 1 saturated heterocycles. The summed E-state index contributed by atoms with van der Waals surface area (Å²) in [6.07, 6.45) is 1.86. The Hall–Kier alpha value is -0.160. The van der Waals surface area contributed by atoms with Crippen molar-refractivity contribution in [3.8, 4) is 0 Å². The Bertz CT molecular complexity index is 128. The van der Waals surface area contributed by atoms with Crippen LogP contribution in [0.5, 0.6) is 0 Å². The minimum absolute atomic E-state index is 0.149. The lowest BCUT2D eigenvalue weighted by molar-refractivity contribution is 0.189. The molecule has 1 fully saturated rings. The Labute approximate surface area is 72.9 Å². The van der Waals surface area contributed by atoms with Crippen LogP contribution >= 0.6 is 0 Å². The minimum Gasteiger partial charge on any atom is -0.396 e. The van der Waals surface area contributed by atoms with E-state index < -0.39 is 0 Å². The summed E-state index contributed by atoms with van der Waals surface area (Å²) in [5.41, 5.74) is 6.08. The SMILES string of the molecule is CCC(CO)C1CC(CO)NN1. The number of hydrazine groups is 1. The first-order valence-electron chi connectivity index (χ1n) is 4.54. The average Bonchev–Trinajstić information content (AvgIpc) is 2.55. The van der Waals surface area contributed by atoms with Gasteiger partial charge in [0, 0.05) is 18.7 Å². The first-order chi connectivity index (χ1) is 5.81. The third kappa shape index (κ3) is 2.17. The standard InChI is InChI=1S/C8H18N2O2/c1-2-6(4-11)8-3-7(5-12)9-10-8/h6-12H,2-5H2,1H3. The summed E-state index contributed by atoms with van der Waals surface area (Å²) in [4.78, 5) is 0. The summed E-state index contributed by atoms with van der Waals surface area (Å²) in [5, 5.41) is 17.9. The Balaban J connectivity index is 2.34. The Kier molecular flexibility index (Phi) is 3.94. The van der Waals surface area contributed by atoms with E-state index in [1.165, 1.54) is 0 Å². The zero-order valence-corrected chi connectivity index (χ0v) is 7.45. The normalized spacial score (nSPS) is 32.2. The highest BCUT2D eigenvalue weighted by Gasteiger charge is 2.28. The van der Waals surface area contributed by atoms with Crippen LogP contribution in [0.3, 0.4) is 0 Å². The van der Waals surface area contributed by atoms with Crippen molar-refractivity contribution in [2.24, 2.45) is 5.92 Å². The number of hydrogen-bond acceptors (Lipinski definition) is 4. The number of nitrogens with one attached hydrogen (secondary N) is 2. The molecule has 0 aromatic rings. The van der Waals surface area contributed by atoms with E-state index in [0.717, 1.165) is 12.8 Å². The Morgan fingerprint density at radius 2 is 2.17 bits per heavy atom. The van der Waals surface area contributed by atoms with Crippen molar-refractivity contribution < 1.29 is 10.2 Å². The van der Waals surface area contributed by atoms with Crippen molar-refractivity contribution in [3.63, 3.8) is 0 Å². The molecule has 0 aromatic heterocycles. The molecule has 1 rings (SSSR count). The monoisotopic (exact) mass is 174 g/mol. The van der Waals surface area contributed by atoms with E-state index in [0.29, 0.717) is 12.0 Å². The van der Waals surface area contributed by atoms with E-state index in [2.05, 4.69) is 17.8 Å². The van der Waals surface area contributed by atoms with Crippen LogP contribution in [0.4, 0.5) is 0 Å². The molecule has 0 saturated carbocycles. The molecule has 0 aliphatic carbocycles. The van der Waals surface area contributed by atoms with Crippen LogP contribution < -0.4 is 10.9 Å². The molecule has 0 radical (unpaired) electrons.